The Hall–Kier alpha value is -3.84. The summed E-state index contributed by atoms with van der Waals surface area (Å²) in [5.74, 6) is 0. The Morgan fingerprint density at radius 2 is 1.29 bits per heavy atom. The third-order valence-corrected chi connectivity index (χ3v) is 5.92. The molecule has 0 bridgehead atoms. The minimum absolute atomic E-state index is 0.998. The van der Waals surface area contributed by atoms with Gasteiger partial charge in [-0.15, -0.1) is 0 Å². The number of aryl methyl sites for hydroxylation is 1. The van der Waals surface area contributed by atoms with E-state index < -0.39 is 0 Å². The smallest absolute Gasteiger partial charge is 0.0541 e. The molecule has 0 radical (unpaired) electrons. The number of benzene rings is 3. The minimum atomic E-state index is 0.998. The van der Waals surface area contributed by atoms with E-state index in [1.807, 2.05) is 18.2 Å². The van der Waals surface area contributed by atoms with Gasteiger partial charge in [0.25, 0.3) is 0 Å². The van der Waals surface area contributed by atoms with Gasteiger partial charge in [0.15, 0.2) is 0 Å². The van der Waals surface area contributed by atoms with Crippen molar-refractivity contribution in [2.75, 3.05) is 0 Å². The molecule has 0 spiro atoms. The third-order valence-electron chi connectivity index (χ3n) is 5.92. The molecule has 0 N–H and O–H groups in total. The molecule has 3 aromatic carbocycles. The average molecular weight is 444 g/mol. The van der Waals surface area contributed by atoms with Gasteiger partial charge in [0.05, 0.1) is 11.2 Å². The van der Waals surface area contributed by atoms with Crippen LogP contribution in [0.5, 0.6) is 0 Å². The lowest BCUT2D eigenvalue weighted by molar-refractivity contribution is 1.02. The Labute approximate surface area is 204 Å². The molecule has 0 amide bonds. The van der Waals surface area contributed by atoms with Crippen LogP contribution in [0.4, 0.5) is 0 Å². The zero-order valence-electron chi connectivity index (χ0n) is 20.2. The monoisotopic (exact) mass is 443 g/mol. The molecular weight excluding hydrogens is 410 g/mol. The lowest BCUT2D eigenvalue weighted by Crippen LogP contribution is -1.96. The zero-order chi connectivity index (χ0) is 23.6. The number of hydrogen-bond acceptors (Lipinski definition) is 0. The Bertz CT molecular complexity index is 1320. The standard InChI is InChI=1S/C19H15N.C7H10.C7H8/c1-3-9-15(10-4-1)20-18-13-6-2-5-11-16(18)17-12-7-8-14-19(17)20;2*1-7-5-3-2-4-6-7/h1,3-14H,2H2;3,5-6H,2,4H2,1H3;2-6H,1H3. The van der Waals surface area contributed by atoms with Crippen molar-refractivity contribution < 1.29 is 0 Å². The van der Waals surface area contributed by atoms with Gasteiger partial charge in [-0.25, -0.2) is 0 Å². The van der Waals surface area contributed by atoms with E-state index in [9.17, 15) is 0 Å². The van der Waals surface area contributed by atoms with Crippen molar-refractivity contribution in [3.05, 3.63) is 138 Å². The van der Waals surface area contributed by atoms with E-state index in [4.69, 9.17) is 0 Å². The molecule has 0 saturated heterocycles. The van der Waals surface area contributed by atoms with Gasteiger partial charge in [-0.3, -0.25) is 0 Å². The highest BCUT2D eigenvalue weighted by molar-refractivity contribution is 5.95. The first kappa shape index (κ1) is 23.3. The fourth-order valence-electron chi connectivity index (χ4n) is 4.20. The van der Waals surface area contributed by atoms with Gasteiger partial charge in [-0.1, -0.05) is 114 Å². The van der Waals surface area contributed by atoms with Crippen molar-refractivity contribution in [3.8, 4) is 5.69 Å². The maximum Gasteiger partial charge on any atom is 0.0541 e. The highest BCUT2D eigenvalue weighted by Crippen LogP contribution is 2.32. The molecule has 1 aromatic heterocycles. The summed E-state index contributed by atoms with van der Waals surface area (Å²) in [6, 6.07) is 29.4. The number of allylic oxidation sites excluding steroid dienone is 6. The van der Waals surface area contributed by atoms with Crippen molar-refractivity contribution in [2.45, 2.75) is 33.1 Å². The van der Waals surface area contributed by atoms with Crippen LogP contribution in [0.2, 0.25) is 0 Å². The summed E-state index contributed by atoms with van der Waals surface area (Å²) in [7, 11) is 0. The summed E-state index contributed by atoms with van der Waals surface area (Å²) >= 11 is 0. The van der Waals surface area contributed by atoms with E-state index in [2.05, 4.69) is 128 Å². The number of aromatic nitrogens is 1. The molecule has 2 aliphatic carbocycles. The van der Waals surface area contributed by atoms with Gasteiger partial charge in [-0.05, 0) is 57.4 Å². The van der Waals surface area contributed by atoms with Gasteiger partial charge >= 0.3 is 0 Å². The maximum atomic E-state index is 2.34. The number of hydrogen-bond donors (Lipinski definition) is 0. The molecule has 170 valence electrons. The van der Waals surface area contributed by atoms with Crippen LogP contribution in [0.25, 0.3) is 28.7 Å². The van der Waals surface area contributed by atoms with Crippen molar-refractivity contribution >= 4 is 23.1 Å². The van der Waals surface area contributed by atoms with Gasteiger partial charge in [0.2, 0.25) is 0 Å². The SMILES string of the molecule is C1=Cc2c(n(-c3ccccc3)c3ccccc23)C=CC1.CC1=CCCC=C1.Cc1ccccc1. The van der Waals surface area contributed by atoms with Crippen molar-refractivity contribution in [2.24, 2.45) is 0 Å². The first-order valence-electron chi connectivity index (χ1n) is 12.1. The summed E-state index contributed by atoms with van der Waals surface area (Å²) in [6.07, 6.45) is 19.1. The third kappa shape index (κ3) is 5.94. The highest BCUT2D eigenvalue weighted by Gasteiger charge is 2.14. The molecule has 4 aromatic rings. The average Bonchev–Trinajstić information content (AvgIpc) is 3.01. The van der Waals surface area contributed by atoms with E-state index in [1.165, 1.54) is 51.8 Å². The van der Waals surface area contributed by atoms with E-state index in [0.717, 1.165) is 6.42 Å². The predicted octanol–water partition coefficient (Wildman–Crippen LogP) is 9.34. The number of para-hydroxylation sites is 2. The van der Waals surface area contributed by atoms with Gasteiger partial charge < -0.3 is 4.57 Å². The van der Waals surface area contributed by atoms with Crippen LogP contribution in [0.1, 0.15) is 43.0 Å². The highest BCUT2D eigenvalue weighted by atomic mass is 15.0. The van der Waals surface area contributed by atoms with Crippen LogP contribution in [0.3, 0.4) is 0 Å². The molecule has 34 heavy (non-hydrogen) atoms. The number of nitrogens with zero attached hydrogens (tertiary/aromatic N) is 1. The molecule has 6 rings (SSSR count). The van der Waals surface area contributed by atoms with Crippen LogP contribution < -0.4 is 0 Å². The second-order valence-electron chi connectivity index (χ2n) is 8.61. The Kier molecular flexibility index (Phi) is 8.13. The lowest BCUT2D eigenvalue weighted by atomic mass is 10.1. The summed E-state index contributed by atoms with van der Waals surface area (Å²) in [6.45, 7) is 4.22. The molecule has 0 fully saturated rings. The van der Waals surface area contributed by atoms with Crippen LogP contribution in [-0.2, 0) is 0 Å². The summed E-state index contributed by atoms with van der Waals surface area (Å²) in [4.78, 5) is 0. The van der Waals surface area contributed by atoms with E-state index in [-0.39, 0.29) is 0 Å². The molecule has 1 nitrogen and oxygen atoms in total. The molecule has 0 unspecified atom stereocenters. The number of fused-ring (bicyclic) bond motifs is 3. The van der Waals surface area contributed by atoms with E-state index in [1.54, 1.807) is 0 Å². The first-order valence-corrected chi connectivity index (χ1v) is 12.1. The van der Waals surface area contributed by atoms with Crippen molar-refractivity contribution in [3.63, 3.8) is 0 Å². The Balaban J connectivity index is 0.000000160. The summed E-state index contributed by atoms with van der Waals surface area (Å²) in [5.41, 5.74) is 7.79. The summed E-state index contributed by atoms with van der Waals surface area (Å²) < 4.78 is 2.34. The Morgan fingerprint density at radius 3 is 1.91 bits per heavy atom. The largest absolute Gasteiger partial charge is 0.309 e. The minimum Gasteiger partial charge on any atom is -0.309 e. The van der Waals surface area contributed by atoms with Crippen LogP contribution in [0.15, 0.2) is 121 Å². The van der Waals surface area contributed by atoms with Gasteiger partial charge in [-0.2, -0.15) is 0 Å². The molecule has 2 aliphatic rings. The van der Waals surface area contributed by atoms with Crippen LogP contribution in [0, 0.1) is 6.92 Å². The normalized spacial score (nSPS) is 13.6. The van der Waals surface area contributed by atoms with Crippen molar-refractivity contribution in [1.82, 2.24) is 4.57 Å². The van der Waals surface area contributed by atoms with E-state index >= 15 is 0 Å². The van der Waals surface area contributed by atoms with Crippen molar-refractivity contribution in [1.29, 1.82) is 0 Å². The molecule has 1 heterocycles. The summed E-state index contributed by atoms with van der Waals surface area (Å²) in [5, 5.41) is 1.31. The molecule has 0 atom stereocenters. The lowest BCUT2D eigenvalue weighted by Gasteiger charge is -2.08. The zero-order valence-corrected chi connectivity index (χ0v) is 20.2. The van der Waals surface area contributed by atoms with Gasteiger partial charge in [0, 0.05) is 16.6 Å². The second-order valence-corrected chi connectivity index (χ2v) is 8.61. The molecular formula is C33H33N. The Morgan fingerprint density at radius 1 is 0.618 bits per heavy atom. The quantitative estimate of drug-likeness (QED) is 0.276. The van der Waals surface area contributed by atoms with Gasteiger partial charge in [0.1, 0.15) is 0 Å². The topological polar surface area (TPSA) is 4.93 Å². The molecule has 0 saturated carbocycles. The van der Waals surface area contributed by atoms with Crippen LogP contribution in [-0.4, -0.2) is 4.57 Å². The fourth-order valence-corrected chi connectivity index (χ4v) is 4.20. The fraction of sp³-hybridized carbons (Fsp3) is 0.152. The molecule has 1 heteroatoms. The van der Waals surface area contributed by atoms with E-state index in [0.29, 0.717) is 0 Å². The second kappa shape index (κ2) is 11.9. The predicted molar refractivity (Wildman–Crippen MR) is 149 cm³/mol. The maximum absolute atomic E-state index is 2.34. The molecule has 0 aliphatic heterocycles. The van der Waals surface area contributed by atoms with Crippen LogP contribution >= 0.6 is 0 Å². The first-order chi connectivity index (χ1) is 16.7. The number of rotatable bonds is 1.